The van der Waals surface area contributed by atoms with Gasteiger partial charge < -0.3 is 5.32 Å². The molecule has 0 radical (unpaired) electrons. The second kappa shape index (κ2) is 4.79. The summed E-state index contributed by atoms with van der Waals surface area (Å²) >= 11 is 0. The molecule has 1 fully saturated rings. The molecule has 0 saturated heterocycles. The lowest BCUT2D eigenvalue weighted by atomic mass is 10.1. The van der Waals surface area contributed by atoms with Gasteiger partial charge in [0.25, 0.3) is 0 Å². The van der Waals surface area contributed by atoms with E-state index in [2.05, 4.69) is 20.7 Å². The van der Waals surface area contributed by atoms with Gasteiger partial charge in [-0.1, -0.05) is 12.1 Å². The number of hydrogen-bond acceptors (Lipinski definition) is 4. The van der Waals surface area contributed by atoms with Crippen LogP contribution >= 0.6 is 0 Å². The average Bonchev–Trinajstić information content (AvgIpc) is 3.18. The minimum atomic E-state index is 0.0790. The van der Waals surface area contributed by atoms with Gasteiger partial charge in [0.1, 0.15) is 0 Å². The summed E-state index contributed by atoms with van der Waals surface area (Å²) in [6, 6.07) is 7.53. The number of amides is 1. The molecule has 19 heavy (non-hydrogen) atoms. The molecule has 1 aromatic carbocycles. The molecule has 2 aromatic rings. The van der Waals surface area contributed by atoms with Crippen molar-refractivity contribution < 1.29 is 4.79 Å². The lowest BCUT2D eigenvalue weighted by Crippen LogP contribution is -2.14. The zero-order valence-electron chi connectivity index (χ0n) is 10.7. The van der Waals surface area contributed by atoms with Crippen molar-refractivity contribution in [3.8, 4) is 11.4 Å². The van der Waals surface area contributed by atoms with Crippen LogP contribution in [-0.4, -0.2) is 26.1 Å². The molecule has 6 nitrogen and oxygen atoms in total. The van der Waals surface area contributed by atoms with Crippen LogP contribution in [-0.2, 0) is 11.3 Å². The smallest absolute Gasteiger partial charge is 0.227 e. The quantitative estimate of drug-likeness (QED) is 0.905. The molecule has 1 aliphatic carbocycles. The van der Waals surface area contributed by atoms with E-state index in [9.17, 15) is 4.79 Å². The molecule has 1 amide bonds. The third kappa shape index (κ3) is 2.47. The maximum Gasteiger partial charge on any atom is 0.227 e. The summed E-state index contributed by atoms with van der Waals surface area (Å²) in [6.07, 6.45) is 1.97. The average molecular weight is 257 g/mol. The minimum absolute atomic E-state index is 0.0790. The van der Waals surface area contributed by atoms with Gasteiger partial charge in [0.05, 0.1) is 12.2 Å². The summed E-state index contributed by atoms with van der Waals surface area (Å²) in [5.74, 6) is 0.788. The van der Waals surface area contributed by atoms with Gasteiger partial charge in [0, 0.05) is 11.5 Å². The number of carbonyl (C=O) groups is 1. The number of nitrogens with one attached hydrogen (secondary N) is 1. The molecule has 98 valence electrons. The summed E-state index contributed by atoms with van der Waals surface area (Å²) in [6.45, 7) is 2.62. The fourth-order valence-corrected chi connectivity index (χ4v) is 1.85. The van der Waals surface area contributed by atoms with Gasteiger partial charge >= 0.3 is 0 Å². The number of tetrazole rings is 1. The number of aromatic nitrogens is 4. The van der Waals surface area contributed by atoms with Gasteiger partial charge in [-0.25, -0.2) is 0 Å². The van der Waals surface area contributed by atoms with E-state index in [-0.39, 0.29) is 11.8 Å². The molecule has 1 heterocycles. The third-order valence-electron chi connectivity index (χ3n) is 3.11. The second-order valence-electron chi connectivity index (χ2n) is 4.61. The summed E-state index contributed by atoms with van der Waals surface area (Å²) in [5.41, 5.74) is 1.55. The number of benzene rings is 1. The lowest BCUT2D eigenvalue weighted by Gasteiger charge is -2.07. The Bertz CT molecular complexity index is 603. The number of anilines is 1. The van der Waals surface area contributed by atoms with Crippen molar-refractivity contribution in [1.82, 2.24) is 20.2 Å². The van der Waals surface area contributed by atoms with Crippen molar-refractivity contribution in [2.24, 2.45) is 5.92 Å². The number of carbonyl (C=O) groups excluding carboxylic acids is 1. The van der Waals surface area contributed by atoms with Crippen molar-refractivity contribution in [2.75, 3.05) is 5.32 Å². The van der Waals surface area contributed by atoms with Gasteiger partial charge in [-0.15, -0.1) is 10.2 Å². The highest BCUT2D eigenvalue weighted by atomic mass is 16.2. The standard InChI is InChI=1S/C13H15N5O/c1-2-18-16-12(15-17-18)10-5-3-4-6-11(10)14-13(19)9-7-8-9/h3-6,9H,2,7-8H2,1H3,(H,14,19). The van der Waals surface area contributed by atoms with Crippen molar-refractivity contribution in [1.29, 1.82) is 0 Å². The molecule has 1 N–H and O–H groups in total. The molecule has 1 aromatic heterocycles. The van der Waals surface area contributed by atoms with Crippen LogP contribution in [0.3, 0.4) is 0 Å². The first-order valence-electron chi connectivity index (χ1n) is 6.46. The van der Waals surface area contributed by atoms with Crippen LogP contribution in [0, 0.1) is 5.92 Å². The molecule has 1 aliphatic rings. The van der Waals surface area contributed by atoms with Crippen LogP contribution in [0.5, 0.6) is 0 Å². The molecular weight excluding hydrogens is 242 g/mol. The number of nitrogens with zero attached hydrogens (tertiary/aromatic N) is 4. The molecule has 3 rings (SSSR count). The van der Waals surface area contributed by atoms with E-state index in [1.807, 2.05) is 31.2 Å². The number of hydrogen-bond donors (Lipinski definition) is 1. The van der Waals surface area contributed by atoms with E-state index in [4.69, 9.17) is 0 Å². The van der Waals surface area contributed by atoms with Crippen LogP contribution in [0.2, 0.25) is 0 Å². The fraction of sp³-hybridized carbons (Fsp3) is 0.385. The first kappa shape index (κ1) is 11.8. The zero-order chi connectivity index (χ0) is 13.2. The summed E-state index contributed by atoms with van der Waals surface area (Å²) in [4.78, 5) is 13.4. The van der Waals surface area contributed by atoms with E-state index in [1.54, 1.807) is 0 Å². The van der Waals surface area contributed by atoms with Gasteiger partial charge in [-0.05, 0) is 37.1 Å². The van der Waals surface area contributed by atoms with E-state index in [0.717, 1.165) is 24.1 Å². The predicted molar refractivity (Wildman–Crippen MR) is 70.3 cm³/mol. The van der Waals surface area contributed by atoms with Gasteiger partial charge in [0.2, 0.25) is 11.7 Å². The van der Waals surface area contributed by atoms with Crippen molar-refractivity contribution in [3.63, 3.8) is 0 Å². The van der Waals surface area contributed by atoms with Crippen molar-refractivity contribution in [3.05, 3.63) is 24.3 Å². The fourth-order valence-electron chi connectivity index (χ4n) is 1.85. The first-order chi connectivity index (χ1) is 9.28. The topological polar surface area (TPSA) is 72.7 Å². The van der Waals surface area contributed by atoms with E-state index in [1.165, 1.54) is 4.80 Å². The molecule has 1 saturated carbocycles. The second-order valence-corrected chi connectivity index (χ2v) is 4.61. The van der Waals surface area contributed by atoms with E-state index < -0.39 is 0 Å². The maximum absolute atomic E-state index is 11.8. The monoisotopic (exact) mass is 257 g/mol. The Labute approximate surface area is 110 Å². The van der Waals surface area contributed by atoms with Crippen LogP contribution in [0.4, 0.5) is 5.69 Å². The Morgan fingerprint density at radius 3 is 2.89 bits per heavy atom. The minimum Gasteiger partial charge on any atom is -0.325 e. The molecule has 0 spiro atoms. The molecule has 0 atom stereocenters. The van der Waals surface area contributed by atoms with Gasteiger partial charge in [-0.2, -0.15) is 4.80 Å². The lowest BCUT2D eigenvalue weighted by molar-refractivity contribution is -0.117. The molecule has 0 aliphatic heterocycles. The third-order valence-corrected chi connectivity index (χ3v) is 3.11. The van der Waals surface area contributed by atoms with Crippen LogP contribution in [0.1, 0.15) is 19.8 Å². The zero-order valence-corrected chi connectivity index (χ0v) is 10.7. The van der Waals surface area contributed by atoms with Crippen LogP contribution in [0.25, 0.3) is 11.4 Å². The van der Waals surface area contributed by atoms with E-state index >= 15 is 0 Å². The molecular formula is C13H15N5O. The van der Waals surface area contributed by atoms with Crippen molar-refractivity contribution >= 4 is 11.6 Å². The normalized spacial score (nSPS) is 14.4. The SMILES string of the molecule is CCn1nnc(-c2ccccc2NC(=O)C2CC2)n1. The maximum atomic E-state index is 11.8. The predicted octanol–water partition coefficient (Wildman–Crippen LogP) is 1.71. The highest BCUT2D eigenvalue weighted by Crippen LogP contribution is 2.32. The Morgan fingerprint density at radius 2 is 2.21 bits per heavy atom. The Balaban J connectivity index is 1.89. The number of para-hydroxylation sites is 1. The number of aryl methyl sites for hydroxylation is 1. The largest absolute Gasteiger partial charge is 0.325 e. The van der Waals surface area contributed by atoms with Crippen LogP contribution in [0.15, 0.2) is 24.3 Å². The summed E-state index contributed by atoms with van der Waals surface area (Å²) < 4.78 is 0. The highest BCUT2D eigenvalue weighted by Gasteiger charge is 2.30. The van der Waals surface area contributed by atoms with Crippen molar-refractivity contribution in [2.45, 2.75) is 26.3 Å². The number of rotatable bonds is 4. The van der Waals surface area contributed by atoms with E-state index in [0.29, 0.717) is 12.4 Å². The highest BCUT2D eigenvalue weighted by molar-refractivity contribution is 5.97. The van der Waals surface area contributed by atoms with Crippen LogP contribution < -0.4 is 5.32 Å². The molecule has 0 bridgehead atoms. The first-order valence-corrected chi connectivity index (χ1v) is 6.46. The summed E-state index contributed by atoms with van der Waals surface area (Å²) in [7, 11) is 0. The Hall–Kier alpha value is -2.24. The molecule has 0 unspecified atom stereocenters. The Morgan fingerprint density at radius 1 is 1.42 bits per heavy atom. The molecule has 6 heteroatoms. The van der Waals surface area contributed by atoms with Gasteiger partial charge in [-0.3, -0.25) is 4.79 Å². The Kier molecular flexibility index (Phi) is 2.98. The summed E-state index contributed by atoms with van der Waals surface area (Å²) in [5, 5.41) is 15.2. The van der Waals surface area contributed by atoms with Gasteiger partial charge in [0.15, 0.2) is 0 Å².